The molecule has 8 nitrogen and oxygen atoms in total. The zero-order valence-corrected chi connectivity index (χ0v) is 21.7. The highest BCUT2D eigenvalue weighted by molar-refractivity contribution is 7.92. The Morgan fingerprint density at radius 2 is 1.79 bits per heavy atom. The number of hydrogen-bond donors (Lipinski definition) is 1. The molecule has 2 aromatic rings. The summed E-state index contributed by atoms with van der Waals surface area (Å²) < 4.78 is 31.5. The van der Waals surface area contributed by atoms with Crippen LogP contribution in [0.4, 0.5) is 5.69 Å². The number of halogens is 1. The molecule has 0 saturated carbocycles. The fourth-order valence-electron chi connectivity index (χ4n) is 3.35. The molecule has 0 heterocycles. The van der Waals surface area contributed by atoms with E-state index in [-0.39, 0.29) is 12.5 Å². The molecule has 2 rings (SSSR count). The summed E-state index contributed by atoms with van der Waals surface area (Å²) in [6, 6.07) is 11.2. The van der Waals surface area contributed by atoms with Crippen molar-refractivity contribution in [2.24, 2.45) is 0 Å². The van der Waals surface area contributed by atoms with E-state index in [1.807, 2.05) is 6.92 Å². The van der Waals surface area contributed by atoms with Crippen LogP contribution in [-0.2, 0) is 26.2 Å². The minimum absolute atomic E-state index is 0.121. The summed E-state index contributed by atoms with van der Waals surface area (Å²) in [7, 11) is -2.26. The van der Waals surface area contributed by atoms with E-state index in [4.69, 9.17) is 16.3 Å². The predicted octanol–water partition coefficient (Wildman–Crippen LogP) is 3.37. The highest BCUT2D eigenvalue weighted by Crippen LogP contribution is 2.27. The molecule has 0 fully saturated rings. The molecule has 0 unspecified atom stereocenters. The van der Waals surface area contributed by atoms with Crippen LogP contribution < -0.4 is 14.4 Å². The quantitative estimate of drug-likeness (QED) is 0.501. The Kier molecular flexibility index (Phi) is 9.76. The van der Waals surface area contributed by atoms with Crippen molar-refractivity contribution in [3.63, 3.8) is 0 Å². The van der Waals surface area contributed by atoms with E-state index < -0.39 is 28.5 Å². The Bertz CT molecular complexity index is 1110. The molecule has 0 aliphatic carbocycles. The summed E-state index contributed by atoms with van der Waals surface area (Å²) in [5.41, 5.74) is 1.74. The van der Waals surface area contributed by atoms with Crippen LogP contribution in [0.2, 0.25) is 5.02 Å². The Morgan fingerprint density at radius 3 is 2.35 bits per heavy atom. The van der Waals surface area contributed by atoms with E-state index in [0.717, 1.165) is 22.5 Å². The molecule has 186 valence electrons. The molecule has 0 radical (unpaired) electrons. The molecule has 34 heavy (non-hydrogen) atoms. The number of anilines is 1. The average Bonchev–Trinajstić information content (AvgIpc) is 2.80. The van der Waals surface area contributed by atoms with Crippen LogP contribution in [0, 0.1) is 6.92 Å². The van der Waals surface area contributed by atoms with Gasteiger partial charge in [0.15, 0.2) is 0 Å². The smallest absolute Gasteiger partial charge is 0.244 e. The van der Waals surface area contributed by atoms with Gasteiger partial charge in [0.2, 0.25) is 21.8 Å². The monoisotopic (exact) mass is 509 g/mol. The lowest BCUT2D eigenvalue weighted by molar-refractivity contribution is -0.139. The topological polar surface area (TPSA) is 96.0 Å². The Balaban J connectivity index is 2.40. The lowest BCUT2D eigenvalue weighted by Gasteiger charge is -2.32. The summed E-state index contributed by atoms with van der Waals surface area (Å²) in [5.74, 6) is -0.164. The second-order valence-electron chi connectivity index (χ2n) is 8.04. The van der Waals surface area contributed by atoms with Gasteiger partial charge in [0.1, 0.15) is 18.3 Å². The fourth-order valence-corrected chi connectivity index (χ4v) is 4.42. The summed E-state index contributed by atoms with van der Waals surface area (Å²) in [4.78, 5) is 27.6. The maximum absolute atomic E-state index is 13.5. The Hall–Kier alpha value is -2.78. The number of nitrogens with one attached hydrogen (secondary N) is 1. The third-order valence-corrected chi connectivity index (χ3v) is 6.71. The van der Waals surface area contributed by atoms with Crippen LogP contribution >= 0.6 is 11.6 Å². The van der Waals surface area contributed by atoms with Crippen LogP contribution in [-0.4, -0.2) is 57.6 Å². The number of carbonyl (C=O) groups excluding carboxylic acids is 2. The SMILES string of the molecule is CCCNC(=O)[C@@H](C)N(Cc1ccc(OC)cc1)C(=O)CN(c1cc(Cl)ccc1C)S(C)(=O)=O. The Labute approximate surface area is 206 Å². The van der Waals surface area contributed by atoms with Gasteiger partial charge in [-0.3, -0.25) is 13.9 Å². The minimum Gasteiger partial charge on any atom is -0.497 e. The molecular weight excluding hydrogens is 478 g/mol. The summed E-state index contributed by atoms with van der Waals surface area (Å²) in [6.45, 7) is 5.43. The van der Waals surface area contributed by atoms with Crippen molar-refractivity contribution in [3.8, 4) is 5.75 Å². The molecule has 1 N–H and O–H groups in total. The lowest BCUT2D eigenvalue weighted by Crippen LogP contribution is -2.51. The maximum atomic E-state index is 13.5. The lowest BCUT2D eigenvalue weighted by atomic mass is 10.1. The Morgan fingerprint density at radius 1 is 1.15 bits per heavy atom. The van der Waals surface area contributed by atoms with Crippen molar-refractivity contribution in [1.29, 1.82) is 0 Å². The first kappa shape index (κ1) is 27.5. The number of methoxy groups -OCH3 is 1. The highest BCUT2D eigenvalue weighted by atomic mass is 35.5. The number of rotatable bonds is 11. The number of benzene rings is 2. The summed E-state index contributed by atoms with van der Waals surface area (Å²) >= 11 is 6.10. The van der Waals surface area contributed by atoms with Gasteiger partial charge >= 0.3 is 0 Å². The van der Waals surface area contributed by atoms with E-state index in [1.54, 1.807) is 57.4 Å². The van der Waals surface area contributed by atoms with Gasteiger partial charge in [-0.15, -0.1) is 0 Å². The second-order valence-corrected chi connectivity index (χ2v) is 10.4. The summed E-state index contributed by atoms with van der Waals surface area (Å²) in [5, 5.41) is 3.15. The minimum atomic E-state index is -3.82. The molecule has 0 aromatic heterocycles. The third-order valence-electron chi connectivity index (χ3n) is 5.35. The van der Waals surface area contributed by atoms with Gasteiger partial charge in [-0.25, -0.2) is 8.42 Å². The molecular formula is C24H32ClN3O5S. The second kappa shape index (κ2) is 12.1. The maximum Gasteiger partial charge on any atom is 0.244 e. The van der Waals surface area contributed by atoms with Crippen molar-refractivity contribution in [2.75, 3.05) is 30.8 Å². The van der Waals surface area contributed by atoms with Crippen molar-refractivity contribution >= 4 is 39.1 Å². The molecule has 2 amide bonds. The average molecular weight is 510 g/mol. The van der Waals surface area contributed by atoms with Gasteiger partial charge in [-0.05, 0) is 55.7 Å². The standard InChI is InChI=1S/C24H32ClN3O5S/c1-6-13-26-24(30)18(3)27(15-19-8-11-21(33-4)12-9-19)23(29)16-28(34(5,31)32)22-14-20(25)10-7-17(22)2/h7-12,14,18H,6,13,15-16H2,1-5H3,(H,26,30)/t18-/m1/s1. The summed E-state index contributed by atoms with van der Waals surface area (Å²) in [6.07, 6.45) is 1.78. The number of carbonyl (C=O) groups is 2. The third kappa shape index (κ3) is 7.36. The first-order chi connectivity index (χ1) is 16.0. The van der Waals surface area contributed by atoms with E-state index in [0.29, 0.717) is 28.6 Å². The molecule has 0 aliphatic rings. The van der Waals surface area contributed by atoms with E-state index in [2.05, 4.69) is 5.32 Å². The van der Waals surface area contributed by atoms with Crippen LogP contribution in [0.15, 0.2) is 42.5 Å². The zero-order chi connectivity index (χ0) is 25.5. The van der Waals surface area contributed by atoms with Gasteiger partial charge in [-0.1, -0.05) is 36.7 Å². The number of aryl methyl sites for hydroxylation is 1. The van der Waals surface area contributed by atoms with Gasteiger partial charge in [-0.2, -0.15) is 0 Å². The number of amides is 2. The molecule has 2 aromatic carbocycles. The van der Waals surface area contributed by atoms with Gasteiger partial charge < -0.3 is 15.0 Å². The van der Waals surface area contributed by atoms with Crippen LogP contribution in [0.1, 0.15) is 31.4 Å². The first-order valence-electron chi connectivity index (χ1n) is 10.9. The van der Waals surface area contributed by atoms with Crippen molar-refractivity contribution in [2.45, 2.75) is 39.8 Å². The molecule has 0 saturated heterocycles. The molecule has 0 spiro atoms. The number of sulfonamides is 1. The molecule has 1 atom stereocenters. The van der Waals surface area contributed by atoms with E-state index in [9.17, 15) is 18.0 Å². The van der Waals surface area contributed by atoms with Gasteiger partial charge in [0.25, 0.3) is 0 Å². The highest BCUT2D eigenvalue weighted by Gasteiger charge is 2.30. The number of hydrogen-bond acceptors (Lipinski definition) is 5. The van der Waals surface area contributed by atoms with Gasteiger partial charge in [0.05, 0.1) is 19.1 Å². The first-order valence-corrected chi connectivity index (χ1v) is 13.1. The fraction of sp³-hybridized carbons (Fsp3) is 0.417. The molecule has 10 heteroatoms. The van der Waals surface area contributed by atoms with E-state index in [1.165, 1.54) is 11.0 Å². The predicted molar refractivity (Wildman–Crippen MR) is 135 cm³/mol. The molecule has 0 bridgehead atoms. The van der Waals surface area contributed by atoms with Crippen LogP contribution in [0.25, 0.3) is 0 Å². The normalized spacial score (nSPS) is 12.1. The van der Waals surface area contributed by atoms with Crippen molar-refractivity contribution in [3.05, 3.63) is 58.6 Å². The van der Waals surface area contributed by atoms with Gasteiger partial charge in [0, 0.05) is 18.1 Å². The largest absolute Gasteiger partial charge is 0.497 e. The van der Waals surface area contributed by atoms with Crippen molar-refractivity contribution < 1.29 is 22.7 Å². The van der Waals surface area contributed by atoms with Crippen LogP contribution in [0.3, 0.4) is 0 Å². The molecule has 0 aliphatic heterocycles. The van der Waals surface area contributed by atoms with Crippen molar-refractivity contribution in [1.82, 2.24) is 10.2 Å². The van der Waals surface area contributed by atoms with E-state index >= 15 is 0 Å². The zero-order valence-electron chi connectivity index (χ0n) is 20.2. The van der Waals surface area contributed by atoms with Crippen LogP contribution in [0.5, 0.6) is 5.75 Å². The number of ether oxygens (including phenoxy) is 1. The number of nitrogens with zero attached hydrogens (tertiary/aromatic N) is 2.